The van der Waals surface area contributed by atoms with Crippen molar-refractivity contribution < 1.29 is 28.4 Å². The molecule has 0 aliphatic carbocycles. The predicted octanol–water partition coefficient (Wildman–Crippen LogP) is 15.8. The average Bonchev–Trinajstić information content (AvgIpc) is 3.40. The van der Waals surface area contributed by atoms with Crippen molar-refractivity contribution in [3.8, 4) is 0 Å². The number of benzene rings is 8. The fourth-order valence-corrected chi connectivity index (χ4v) is 10.3. The lowest BCUT2D eigenvalue weighted by molar-refractivity contribution is -0.150. The number of hydrogen-bond acceptors (Lipinski definition) is 8. The predicted molar refractivity (Wildman–Crippen MR) is 295 cm³/mol. The number of anilines is 6. The van der Waals surface area contributed by atoms with Crippen LogP contribution in [0.1, 0.15) is 76.3 Å². The lowest BCUT2D eigenvalue weighted by atomic mass is 9.84. The molecular weight excluding hydrogens is 893 g/mol. The normalized spacial score (nSPS) is 15.0. The van der Waals surface area contributed by atoms with Crippen LogP contribution in [-0.2, 0) is 41.6 Å². The SMILES string of the molecule is CCC1(COCCCCCOCc2ccc(N(c3ccccc3)c3ccc4ccc5c(N(c6ccccc6)c6ccc(COCCCCCOCC7(CC)COC7)cc6)ccc6ccc3c4c65)cc2)COC1. The van der Waals surface area contributed by atoms with Crippen molar-refractivity contribution in [2.45, 2.75) is 78.4 Å². The molecule has 0 atom stereocenters. The maximum atomic E-state index is 6.17. The molecule has 0 spiro atoms. The second kappa shape index (κ2) is 23.8. The number of unbranched alkanes of at least 4 members (excludes halogenated alkanes) is 4. The van der Waals surface area contributed by atoms with E-state index in [2.05, 4.69) is 181 Å². The van der Waals surface area contributed by atoms with Gasteiger partial charge < -0.3 is 38.2 Å². The first-order valence-corrected chi connectivity index (χ1v) is 26.6. The molecular formula is C64H72N2O6. The topological polar surface area (TPSA) is 61.9 Å². The molecule has 8 aromatic rings. The van der Waals surface area contributed by atoms with Crippen LogP contribution in [0, 0.1) is 10.8 Å². The van der Waals surface area contributed by atoms with Crippen LogP contribution >= 0.6 is 0 Å². The molecule has 0 N–H and O–H groups in total. The molecule has 0 unspecified atom stereocenters. The van der Waals surface area contributed by atoms with Gasteiger partial charge in [0.2, 0.25) is 0 Å². The van der Waals surface area contributed by atoms with Crippen LogP contribution in [0.3, 0.4) is 0 Å². The van der Waals surface area contributed by atoms with E-state index < -0.39 is 0 Å². The van der Waals surface area contributed by atoms with Gasteiger partial charge in [0.1, 0.15) is 0 Å². The molecule has 8 aromatic carbocycles. The number of nitrogens with zero attached hydrogens (tertiary/aromatic N) is 2. The summed E-state index contributed by atoms with van der Waals surface area (Å²) < 4.78 is 35.2. The highest BCUT2D eigenvalue weighted by Crippen LogP contribution is 2.47. The third kappa shape index (κ3) is 11.4. The highest BCUT2D eigenvalue weighted by atomic mass is 16.5. The zero-order chi connectivity index (χ0) is 49.0. The summed E-state index contributed by atoms with van der Waals surface area (Å²) in [4.78, 5) is 4.79. The lowest BCUT2D eigenvalue weighted by Gasteiger charge is -2.40. The van der Waals surface area contributed by atoms with Crippen LogP contribution in [0.5, 0.6) is 0 Å². The molecule has 374 valence electrons. The molecule has 2 heterocycles. The molecule has 72 heavy (non-hydrogen) atoms. The fourth-order valence-electron chi connectivity index (χ4n) is 10.3. The molecule has 8 heteroatoms. The maximum absolute atomic E-state index is 6.17. The molecule has 2 fully saturated rings. The Hall–Kier alpha value is -5.84. The van der Waals surface area contributed by atoms with Crippen LogP contribution in [0.2, 0.25) is 0 Å². The molecule has 2 aliphatic rings. The highest BCUT2D eigenvalue weighted by molar-refractivity contribution is 6.28. The molecule has 0 amide bonds. The maximum Gasteiger partial charge on any atom is 0.0716 e. The highest BCUT2D eigenvalue weighted by Gasteiger charge is 2.37. The molecule has 8 nitrogen and oxygen atoms in total. The smallest absolute Gasteiger partial charge is 0.0716 e. The van der Waals surface area contributed by atoms with Crippen LogP contribution in [0.4, 0.5) is 34.1 Å². The average molecular weight is 965 g/mol. The molecule has 0 radical (unpaired) electrons. The Labute approximate surface area is 427 Å². The van der Waals surface area contributed by atoms with E-state index in [0.717, 1.165) is 152 Å². The fraction of sp³-hybridized carbons (Fsp3) is 0.375. The van der Waals surface area contributed by atoms with E-state index in [9.17, 15) is 0 Å². The van der Waals surface area contributed by atoms with Gasteiger partial charge in [-0.25, -0.2) is 0 Å². The van der Waals surface area contributed by atoms with E-state index in [1.54, 1.807) is 0 Å². The van der Waals surface area contributed by atoms with E-state index in [1.165, 1.54) is 43.4 Å². The van der Waals surface area contributed by atoms with Crippen molar-refractivity contribution in [2.75, 3.05) is 75.9 Å². The van der Waals surface area contributed by atoms with Crippen LogP contribution < -0.4 is 9.80 Å². The minimum Gasteiger partial charge on any atom is -0.381 e. The monoisotopic (exact) mass is 965 g/mol. The Morgan fingerprint density at radius 2 is 0.750 bits per heavy atom. The van der Waals surface area contributed by atoms with Crippen molar-refractivity contribution in [1.29, 1.82) is 0 Å². The molecule has 0 bridgehead atoms. The number of para-hydroxylation sites is 2. The second-order valence-electron chi connectivity index (χ2n) is 20.3. The standard InChI is InChI=1S/C64H72N2O6/c1-3-63(45-71-46-63)43-69-39-15-7-13-37-67-41-49-21-29-55(30-22-49)65(53-17-9-5-10-18-53)59-35-27-51-26-34-58-60(36-28-52-25-33-57(59)61(51)62(52)58)66(54-19-11-6-12-20-54)56-31-23-50(24-32-56)42-68-38-14-8-16-40-70-44-64(4-2)47-72-48-64/h5-6,9-12,17-36H,3-4,7-8,13-16,37-48H2,1-2H3. The van der Waals surface area contributed by atoms with Gasteiger partial charge in [0, 0.05) is 70.8 Å². The Morgan fingerprint density at radius 1 is 0.389 bits per heavy atom. The number of ether oxygens (including phenoxy) is 6. The van der Waals surface area contributed by atoms with Gasteiger partial charge in [-0.1, -0.05) is 111 Å². The Bertz CT molecular complexity index is 2710. The number of rotatable bonds is 28. The van der Waals surface area contributed by atoms with Crippen molar-refractivity contribution in [3.63, 3.8) is 0 Å². The summed E-state index contributed by atoms with van der Waals surface area (Å²) in [5.41, 5.74) is 9.54. The van der Waals surface area contributed by atoms with Crippen molar-refractivity contribution in [3.05, 3.63) is 169 Å². The van der Waals surface area contributed by atoms with Crippen molar-refractivity contribution >= 4 is 66.4 Å². The second-order valence-corrected chi connectivity index (χ2v) is 20.3. The summed E-state index contributed by atoms with van der Waals surface area (Å²) in [6, 6.07) is 57.6. The largest absolute Gasteiger partial charge is 0.381 e. The van der Waals surface area contributed by atoms with Gasteiger partial charge in [-0.3, -0.25) is 0 Å². The zero-order valence-electron chi connectivity index (χ0n) is 42.5. The Morgan fingerprint density at radius 3 is 1.11 bits per heavy atom. The summed E-state index contributed by atoms with van der Waals surface area (Å²) in [6.45, 7) is 13.7. The summed E-state index contributed by atoms with van der Waals surface area (Å²) >= 11 is 0. The van der Waals surface area contributed by atoms with Gasteiger partial charge in [0.25, 0.3) is 0 Å². The van der Waals surface area contributed by atoms with E-state index in [1.807, 2.05) is 0 Å². The molecule has 10 rings (SSSR count). The first-order chi connectivity index (χ1) is 35.6. The lowest BCUT2D eigenvalue weighted by Crippen LogP contribution is -2.45. The molecule has 2 aliphatic heterocycles. The van der Waals surface area contributed by atoms with E-state index in [0.29, 0.717) is 13.2 Å². The van der Waals surface area contributed by atoms with Gasteiger partial charge in [-0.2, -0.15) is 0 Å². The van der Waals surface area contributed by atoms with E-state index in [-0.39, 0.29) is 10.8 Å². The minimum absolute atomic E-state index is 0.253. The summed E-state index contributed by atoms with van der Waals surface area (Å²) in [5.74, 6) is 0. The number of hydrogen-bond donors (Lipinski definition) is 0. The van der Waals surface area contributed by atoms with Gasteiger partial charge in [-0.15, -0.1) is 0 Å². The third-order valence-electron chi connectivity index (χ3n) is 15.2. The van der Waals surface area contributed by atoms with Crippen LogP contribution in [0.15, 0.2) is 158 Å². The first-order valence-electron chi connectivity index (χ1n) is 26.6. The minimum atomic E-state index is 0.253. The Balaban J connectivity index is 0.836. The summed E-state index contributed by atoms with van der Waals surface area (Å²) in [5, 5.41) is 7.39. The zero-order valence-corrected chi connectivity index (χ0v) is 42.5. The van der Waals surface area contributed by atoms with E-state index in [4.69, 9.17) is 28.4 Å². The van der Waals surface area contributed by atoms with Crippen molar-refractivity contribution in [1.82, 2.24) is 0 Å². The third-order valence-corrected chi connectivity index (χ3v) is 15.2. The van der Waals surface area contributed by atoms with Crippen LogP contribution in [-0.4, -0.2) is 66.1 Å². The molecule has 2 saturated heterocycles. The van der Waals surface area contributed by atoms with Gasteiger partial charge in [-0.05, 0) is 145 Å². The van der Waals surface area contributed by atoms with Gasteiger partial charge in [0.15, 0.2) is 0 Å². The Kier molecular flexibility index (Phi) is 16.4. The van der Waals surface area contributed by atoms with Crippen LogP contribution in [0.25, 0.3) is 32.3 Å². The van der Waals surface area contributed by atoms with Gasteiger partial charge in [0.05, 0.1) is 64.2 Å². The summed E-state index contributed by atoms with van der Waals surface area (Å²) in [6.07, 6.45) is 8.63. The summed E-state index contributed by atoms with van der Waals surface area (Å²) in [7, 11) is 0. The van der Waals surface area contributed by atoms with E-state index >= 15 is 0 Å². The van der Waals surface area contributed by atoms with Gasteiger partial charge >= 0.3 is 0 Å². The quantitative estimate of drug-likeness (QED) is 0.0355. The molecule has 0 saturated carbocycles. The molecule has 0 aromatic heterocycles. The van der Waals surface area contributed by atoms with Crippen molar-refractivity contribution in [2.24, 2.45) is 10.8 Å². The first kappa shape index (κ1) is 49.7.